The Morgan fingerprint density at radius 1 is 0.889 bits per heavy atom. The zero-order valence-corrected chi connectivity index (χ0v) is 12.1. The highest BCUT2D eigenvalue weighted by Crippen LogP contribution is 2.36. The standard InChI is InChI=1S/C17H22S/c1-13-9-8-11-15-14-10-6-4-2-3-5-7-12-16(14)18-17(13)15/h8-9,11H,2-7,10,12H2,1H3. The van der Waals surface area contributed by atoms with Crippen LogP contribution in [0.25, 0.3) is 10.1 Å². The summed E-state index contributed by atoms with van der Waals surface area (Å²) in [4.78, 5) is 1.68. The molecule has 0 fully saturated rings. The second-order valence-corrected chi connectivity index (χ2v) is 6.68. The fraction of sp³-hybridized carbons (Fsp3) is 0.529. The zero-order valence-electron chi connectivity index (χ0n) is 11.3. The van der Waals surface area contributed by atoms with Gasteiger partial charge in [0, 0.05) is 9.58 Å². The van der Waals surface area contributed by atoms with E-state index >= 15 is 0 Å². The average Bonchev–Trinajstić information content (AvgIpc) is 2.74. The Bertz CT molecular complexity index is 536. The molecule has 0 nitrogen and oxygen atoms in total. The van der Waals surface area contributed by atoms with Crippen LogP contribution < -0.4 is 0 Å². The van der Waals surface area contributed by atoms with Crippen LogP contribution in [0.2, 0.25) is 0 Å². The van der Waals surface area contributed by atoms with Crippen LogP contribution in [0.3, 0.4) is 0 Å². The van der Waals surface area contributed by atoms with E-state index in [1.165, 1.54) is 56.9 Å². The summed E-state index contributed by atoms with van der Waals surface area (Å²) in [6.07, 6.45) is 11.1. The van der Waals surface area contributed by atoms with Crippen molar-refractivity contribution < 1.29 is 0 Å². The fourth-order valence-electron chi connectivity index (χ4n) is 3.13. The van der Waals surface area contributed by atoms with Crippen molar-refractivity contribution >= 4 is 21.4 Å². The smallest absolute Gasteiger partial charge is 0.0377 e. The quantitative estimate of drug-likeness (QED) is 0.573. The maximum Gasteiger partial charge on any atom is 0.0377 e. The lowest BCUT2D eigenvalue weighted by molar-refractivity contribution is 0.584. The number of hydrogen-bond donors (Lipinski definition) is 0. The highest BCUT2D eigenvalue weighted by Gasteiger charge is 2.13. The molecule has 0 saturated heterocycles. The van der Waals surface area contributed by atoms with Gasteiger partial charge in [0.1, 0.15) is 0 Å². The van der Waals surface area contributed by atoms with Gasteiger partial charge in [0.2, 0.25) is 0 Å². The lowest BCUT2D eigenvalue weighted by Gasteiger charge is -2.08. The number of rotatable bonds is 0. The lowest BCUT2D eigenvalue weighted by atomic mass is 9.97. The van der Waals surface area contributed by atoms with Crippen molar-refractivity contribution in [1.29, 1.82) is 0 Å². The molecule has 1 aliphatic rings. The number of thiophene rings is 1. The van der Waals surface area contributed by atoms with Gasteiger partial charge >= 0.3 is 0 Å². The number of aryl methyl sites for hydroxylation is 3. The number of benzene rings is 1. The minimum atomic E-state index is 1.30. The molecule has 0 saturated carbocycles. The van der Waals surface area contributed by atoms with Crippen molar-refractivity contribution in [2.75, 3.05) is 0 Å². The van der Waals surface area contributed by atoms with Crippen LogP contribution >= 0.6 is 11.3 Å². The van der Waals surface area contributed by atoms with Gasteiger partial charge in [-0.05, 0) is 49.1 Å². The molecule has 18 heavy (non-hydrogen) atoms. The Hall–Kier alpha value is -0.820. The molecule has 1 heteroatoms. The van der Waals surface area contributed by atoms with Gasteiger partial charge in [0.05, 0.1) is 0 Å². The molecule has 96 valence electrons. The molecule has 0 N–H and O–H groups in total. The van der Waals surface area contributed by atoms with E-state index in [-0.39, 0.29) is 0 Å². The SMILES string of the molecule is Cc1cccc2c3c(sc12)CCCCCCCC3. The Kier molecular flexibility index (Phi) is 3.69. The summed E-state index contributed by atoms with van der Waals surface area (Å²) in [5.41, 5.74) is 3.14. The van der Waals surface area contributed by atoms with Gasteiger partial charge in [-0.3, -0.25) is 0 Å². The van der Waals surface area contributed by atoms with Gasteiger partial charge < -0.3 is 0 Å². The van der Waals surface area contributed by atoms with Crippen molar-refractivity contribution in [3.8, 4) is 0 Å². The number of hydrogen-bond acceptors (Lipinski definition) is 1. The zero-order chi connectivity index (χ0) is 12.4. The third kappa shape index (κ3) is 2.33. The molecule has 2 aromatic rings. The topological polar surface area (TPSA) is 0 Å². The molecule has 0 radical (unpaired) electrons. The third-order valence-electron chi connectivity index (χ3n) is 4.18. The van der Waals surface area contributed by atoms with E-state index in [2.05, 4.69) is 36.5 Å². The monoisotopic (exact) mass is 258 g/mol. The summed E-state index contributed by atoms with van der Waals surface area (Å²) in [6.45, 7) is 2.25. The Labute approximate surface area is 114 Å². The van der Waals surface area contributed by atoms with Crippen LogP contribution in [-0.4, -0.2) is 0 Å². The average molecular weight is 258 g/mol. The molecular formula is C17H22S. The van der Waals surface area contributed by atoms with Crippen molar-refractivity contribution in [2.45, 2.75) is 58.3 Å². The second-order valence-electron chi connectivity index (χ2n) is 5.58. The van der Waals surface area contributed by atoms with Crippen molar-refractivity contribution in [2.24, 2.45) is 0 Å². The molecule has 1 aliphatic carbocycles. The summed E-state index contributed by atoms with van der Waals surface area (Å²) >= 11 is 2.06. The van der Waals surface area contributed by atoms with Crippen LogP contribution in [-0.2, 0) is 12.8 Å². The van der Waals surface area contributed by atoms with E-state index in [1.54, 1.807) is 20.5 Å². The van der Waals surface area contributed by atoms with E-state index in [1.807, 2.05) is 0 Å². The van der Waals surface area contributed by atoms with Gasteiger partial charge in [0.25, 0.3) is 0 Å². The molecule has 0 atom stereocenters. The van der Waals surface area contributed by atoms with Crippen LogP contribution in [0, 0.1) is 6.92 Å². The van der Waals surface area contributed by atoms with Gasteiger partial charge in [0.15, 0.2) is 0 Å². The molecular weight excluding hydrogens is 236 g/mol. The third-order valence-corrected chi connectivity index (χ3v) is 5.62. The summed E-state index contributed by atoms with van der Waals surface area (Å²) < 4.78 is 1.54. The molecule has 1 aromatic carbocycles. The highest BCUT2D eigenvalue weighted by molar-refractivity contribution is 7.19. The molecule has 0 spiro atoms. The molecule has 1 heterocycles. The van der Waals surface area contributed by atoms with Crippen molar-refractivity contribution in [3.63, 3.8) is 0 Å². The summed E-state index contributed by atoms with van der Waals surface area (Å²) in [5, 5.41) is 1.55. The van der Waals surface area contributed by atoms with Crippen molar-refractivity contribution in [1.82, 2.24) is 0 Å². The van der Waals surface area contributed by atoms with Gasteiger partial charge in [-0.25, -0.2) is 0 Å². The van der Waals surface area contributed by atoms with E-state index < -0.39 is 0 Å². The summed E-state index contributed by atoms with van der Waals surface area (Å²) in [7, 11) is 0. The first kappa shape index (κ1) is 12.2. The van der Waals surface area contributed by atoms with E-state index in [9.17, 15) is 0 Å². The second kappa shape index (κ2) is 5.44. The van der Waals surface area contributed by atoms with E-state index in [0.29, 0.717) is 0 Å². The fourth-order valence-corrected chi connectivity index (χ4v) is 4.49. The molecule has 0 unspecified atom stereocenters. The largest absolute Gasteiger partial charge is 0.140 e. The minimum absolute atomic E-state index is 1.30. The van der Waals surface area contributed by atoms with Gasteiger partial charge in [-0.2, -0.15) is 0 Å². The molecule has 0 bridgehead atoms. The minimum Gasteiger partial charge on any atom is -0.140 e. The van der Waals surface area contributed by atoms with Crippen LogP contribution in [0.5, 0.6) is 0 Å². The van der Waals surface area contributed by atoms with E-state index in [4.69, 9.17) is 0 Å². The van der Waals surface area contributed by atoms with Crippen molar-refractivity contribution in [3.05, 3.63) is 34.2 Å². The molecule has 0 amide bonds. The molecule has 0 aliphatic heterocycles. The molecule has 3 rings (SSSR count). The maximum atomic E-state index is 2.34. The maximum absolute atomic E-state index is 2.34. The van der Waals surface area contributed by atoms with Crippen LogP contribution in [0.15, 0.2) is 18.2 Å². The lowest BCUT2D eigenvalue weighted by Crippen LogP contribution is -1.94. The first-order valence-electron chi connectivity index (χ1n) is 7.36. The summed E-state index contributed by atoms with van der Waals surface area (Å²) in [6, 6.07) is 6.82. The first-order chi connectivity index (χ1) is 8.86. The predicted octanol–water partition coefficient (Wildman–Crippen LogP) is 5.65. The number of fused-ring (bicyclic) bond motifs is 3. The Balaban J connectivity index is 2.05. The summed E-state index contributed by atoms with van der Waals surface area (Å²) in [5.74, 6) is 0. The van der Waals surface area contributed by atoms with Crippen LogP contribution in [0.4, 0.5) is 0 Å². The normalized spacial score (nSPS) is 17.6. The van der Waals surface area contributed by atoms with E-state index in [0.717, 1.165) is 0 Å². The van der Waals surface area contributed by atoms with Gasteiger partial charge in [-0.1, -0.05) is 43.9 Å². The predicted molar refractivity (Wildman–Crippen MR) is 81.7 cm³/mol. The first-order valence-corrected chi connectivity index (χ1v) is 8.18. The highest BCUT2D eigenvalue weighted by atomic mass is 32.1. The van der Waals surface area contributed by atoms with Crippen LogP contribution in [0.1, 0.15) is 54.5 Å². The Morgan fingerprint density at radius 2 is 1.61 bits per heavy atom. The van der Waals surface area contributed by atoms with Gasteiger partial charge in [-0.15, -0.1) is 11.3 Å². The Morgan fingerprint density at radius 3 is 2.44 bits per heavy atom. The molecule has 1 aromatic heterocycles.